The molecular weight excluding hydrogens is 134 g/mol. The first-order valence-electron chi connectivity index (χ1n) is 3.34. The molecular formula is C6H11NO3. The Morgan fingerprint density at radius 1 is 1.60 bits per heavy atom. The fourth-order valence-electron chi connectivity index (χ4n) is 1.19. The molecule has 3 N–H and O–H groups in total. The molecule has 0 unspecified atom stereocenters. The third kappa shape index (κ3) is 1.60. The molecule has 0 radical (unpaired) electrons. The molecule has 1 amide bonds. The predicted molar refractivity (Wildman–Crippen MR) is 34.3 cm³/mol. The van der Waals surface area contributed by atoms with Crippen molar-refractivity contribution in [3.8, 4) is 0 Å². The summed E-state index contributed by atoms with van der Waals surface area (Å²) < 4.78 is 4.61. The van der Waals surface area contributed by atoms with Crippen LogP contribution in [0.1, 0.15) is 19.3 Å². The standard InChI is InChI=1S/C6H11NO3/c7-6(9)10-5-3-1-2-4(5)8/h4-5,8H,1-3H2,(H2,7,9)/t4-,5-/m1/s1. The summed E-state index contributed by atoms with van der Waals surface area (Å²) in [6.07, 6.45) is 0.664. The van der Waals surface area contributed by atoms with Gasteiger partial charge in [0.25, 0.3) is 0 Å². The molecule has 1 rings (SSSR count). The van der Waals surface area contributed by atoms with Crippen molar-refractivity contribution in [1.82, 2.24) is 0 Å². The molecule has 0 aromatic heterocycles. The van der Waals surface area contributed by atoms with E-state index in [0.29, 0.717) is 6.42 Å². The summed E-state index contributed by atoms with van der Waals surface area (Å²) in [6.45, 7) is 0. The molecule has 4 nitrogen and oxygen atoms in total. The van der Waals surface area contributed by atoms with Crippen LogP contribution < -0.4 is 5.73 Å². The van der Waals surface area contributed by atoms with E-state index in [4.69, 9.17) is 10.8 Å². The minimum Gasteiger partial charge on any atom is -0.444 e. The van der Waals surface area contributed by atoms with Crippen molar-refractivity contribution in [2.75, 3.05) is 0 Å². The third-order valence-corrected chi connectivity index (χ3v) is 1.69. The second-order valence-corrected chi connectivity index (χ2v) is 2.47. The molecule has 0 spiro atoms. The Kier molecular flexibility index (Phi) is 2.11. The molecule has 58 valence electrons. The van der Waals surface area contributed by atoms with Crippen LogP contribution in [0.4, 0.5) is 4.79 Å². The predicted octanol–water partition coefficient (Wildman–Crippen LogP) is -0.00490. The number of hydrogen-bond donors (Lipinski definition) is 2. The summed E-state index contributed by atoms with van der Waals surface area (Å²) >= 11 is 0. The van der Waals surface area contributed by atoms with Gasteiger partial charge in [-0.2, -0.15) is 0 Å². The van der Waals surface area contributed by atoms with E-state index in [9.17, 15) is 4.79 Å². The number of hydrogen-bond acceptors (Lipinski definition) is 3. The number of primary amides is 1. The Morgan fingerprint density at radius 2 is 2.30 bits per heavy atom. The van der Waals surface area contributed by atoms with Crippen molar-refractivity contribution < 1.29 is 14.6 Å². The lowest BCUT2D eigenvalue weighted by Crippen LogP contribution is -2.28. The lowest BCUT2D eigenvalue weighted by atomic mass is 10.3. The van der Waals surface area contributed by atoms with Gasteiger partial charge in [-0.15, -0.1) is 0 Å². The molecule has 1 fully saturated rings. The summed E-state index contributed by atoms with van der Waals surface area (Å²) in [4.78, 5) is 10.2. The van der Waals surface area contributed by atoms with Gasteiger partial charge in [0.2, 0.25) is 0 Å². The first-order valence-corrected chi connectivity index (χ1v) is 3.34. The van der Waals surface area contributed by atoms with Crippen molar-refractivity contribution in [2.24, 2.45) is 5.73 Å². The molecule has 0 heterocycles. The minimum absolute atomic E-state index is 0.363. The van der Waals surface area contributed by atoms with Gasteiger partial charge in [0.1, 0.15) is 6.10 Å². The summed E-state index contributed by atoms with van der Waals surface area (Å²) in [7, 11) is 0. The van der Waals surface area contributed by atoms with Crippen LogP contribution in [0, 0.1) is 0 Å². The van der Waals surface area contributed by atoms with Crippen LogP contribution in [0.3, 0.4) is 0 Å². The van der Waals surface area contributed by atoms with Gasteiger partial charge in [0, 0.05) is 0 Å². The molecule has 0 aromatic rings. The Labute approximate surface area is 59.0 Å². The first-order chi connectivity index (χ1) is 4.70. The highest BCUT2D eigenvalue weighted by atomic mass is 16.6. The lowest BCUT2D eigenvalue weighted by Gasteiger charge is -2.12. The number of nitrogens with two attached hydrogens (primary N) is 1. The number of aliphatic hydroxyl groups excluding tert-OH is 1. The number of carbonyl (C=O) groups excluding carboxylic acids is 1. The molecule has 10 heavy (non-hydrogen) atoms. The summed E-state index contributed by atoms with van der Waals surface area (Å²) in [6, 6.07) is 0. The van der Waals surface area contributed by atoms with Crippen LogP contribution in [0.15, 0.2) is 0 Å². The van der Waals surface area contributed by atoms with E-state index in [0.717, 1.165) is 12.8 Å². The summed E-state index contributed by atoms with van der Waals surface area (Å²) in [5.41, 5.74) is 4.76. The molecule has 0 saturated heterocycles. The Balaban J connectivity index is 2.33. The Hall–Kier alpha value is -0.770. The largest absolute Gasteiger partial charge is 0.444 e. The third-order valence-electron chi connectivity index (χ3n) is 1.69. The van der Waals surface area contributed by atoms with E-state index in [2.05, 4.69) is 4.74 Å². The maximum absolute atomic E-state index is 10.2. The van der Waals surface area contributed by atoms with Crippen LogP contribution in [0.5, 0.6) is 0 Å². The molecule has 0 aromatic carbocycles. The minimum atomic E-state index is -0.800. The smallest absolute Gasteiger partial charge is 0.404 e. The molecule has 2 atom stereocenters. The van der Waals surface area contributed by atoms with Crippen molar-refractivity contribution in [1.29, 1.82) is 0 Å². The highest BCUT2D eigenvalue weighted by Gasteiger charge is 2.27. The van der Waals surface area contributed by atoms with Gasteiger partial charge in [-0.25, -0.2) is 4.79 Å². The van der Waals surface area contributed by atoms with E-state index in [1.54, 1.807) is 0 Å². The van der Waals surface area contributed by atoms with E-state index < -0.39 is 12.2 Å². The number of aliphatic hydroxyl groups is 1. The van der Waals surface area contributed by atoms with Crippen LogP contribution in [-0.2, 0) is 4.74 Å². The average molecular weight is 145 g/mol. The second kappa shape index (κ2) is 2.88. The first kappa shape index (κ1) is 7.34. The normalized spacial score (nSPS) is 32.1. The van der Waals surface area contributed by atoms with Crippen LogP contribution >= 0.6 is 0 Å². The number of amides is 1. The molecule has 4 heteroatoms. The molecule has 0 aliphatic heterocycles. The van der Waals surface area contributed by atoms with Gasteiger partial charge in [-0.1, -0.05) is 0 Å². The van der Waals surface area contributed by atoms with Crippen molar-refractivity contribution in [3.63, 3.8) is 0 Å². The molecule has 1 saturated carbocycles. The van der Waals surface area contributed by atoms with E-state index >= 15 is 0 Å². The van der Waals surface area contributed by atoms with Crippen LogP contribution in [-0.4, -0.2) is 23.4 Å². The molecule has 1 aliphatic rings. The molecule has 0 bridgehead atoms. The van der Waals surface area contributed by atoms with Gasteiger partial charge < -0.3 is 15.6 Å². The van der Waals surface area contributed by atoms with Gasteiger partial charge in [-0.05, 0) is 19.3 Å². The Morgan fingerprint density at radius 3 is 2.70 bits per heavy atom. The van der Waals surface area contributed by atoms with Crippen LogP contribution in [0.25, 0.3) is 0 Å². The van der Waals surface area contributed by atoms with Crippen molar-refractivity contribution in [2.45, 2.75) is 31.5 Å². The SMILES string of the molecule is NC(=O)O[C@@H]1CCC[C@H]1O. The topological polar surface area (TPSA) is 72.6 Å². The van der Waals surface area contributed by atoms with E-state index in [1.807, 2.05) is 0 Å². The zero-order valence-electron chi connectivity index (χ0n) is 5.62. The number of carbonyl (C=O) groups is 1. The highest BCUT2D eigenvalue weighted by Crippen LogP contribution is 2.21. The molecule has 1 aliphatic carbocycles. The summed E-state index contributed by atoms with van der Waals surface area (Å²) in [5, 5.41) is 9.11. The van der Waals surface area contributed by atoms with Crippen LogP contribution in [0.2, 0.25) is 0 Å². The maximum atomic E-state index is 10.2. The van der Waals surface area contributed by atoms with Crippen molar-refractivity contribution >= 4 is 6.09 Å². The fraction of sp³-hybridized carbons (Fsp3) is 0.833. The van der Waals surface area contributed by atoms with E-state index in [1.165, 1.54) is 0 Å². The quantitative estimate of drug-likeness (QED) is 0.545. The monoisotopic (exact) mass is 145 g/mol. The number of rotatable bonds is 1. The fourth-order valence-corrected chi connectivity index (χ4v) is 1.19. The maximum Gasteiger partial charge on any atom is 0.404 e. The zero-order valence-corrected chi connectivity index (χ0v) is 5.62. The lowest BCUT2D eigenvalue weighted by molar-refractivity contribution is 0.0266. The van der Waals surface area contributed by atoms with Gasteiger partial charge in [0.15, 0.2) is 0 Å². The average Bonchev–Trinajstić information content (AvgIpc) is 2.15. The second-order valence-electron chi connectivity index (χ2n) is 2.47. The summed E-state index contributed by atoms with van der Waals surface area (Å²) in [5.74, 6) is 0. The highest BCUT2D eigenvalue weighted by molar-refractivity contribution is 5.64. The van der Waals surface area contributed by atoms with Gasteiger partial charge in [0.05, 0.1) is 6.10 Å². The van der Waals surface area contributed by atoms with Crippen molar-refractivity contribution in [3.05, 3.63) is 0 Å². The Bertz CT molecular complexity index is 137. The van der Waals surface area contributed by atoms with E-state index in [-0.39, 0.29) is 6.10 Å². The van der Waals surface area contributed by atoms with Gasteiger partial charge >= 0.3 is 6.09 Å². The van der Waals surface area contributed by atoms with Gasteiger partial charge in [-0.3, -0.25) is 0 Å². The number of ether oxygens (including phenoxy) is 1. The zero-order chi connectivity index (χ0) is 7.56.